The van der Waals surface area contributed by atoms with Crippen LogP contribution in [-0.2, 0) is 16.1 Å². The molecule has 29 heavy (non-hydrogen) atoms. The summed E-state index contributed by atoms with van der Waals surface area (Å²) in [4.78, 5) is 41.8. The van der Waals surface area contributed by atoms with Gasteiger partial charge in [0.25, 0.3) is 5.91 Å². The molecule has 0 aliphatic rings. The first-order valence-corrected chi connectivity index (χ1v) is 9.40. The number of nitrogens with one attached hydrogen (secondary N) is 3. The maximum atomic E-state index is 12.0. The number of hydrogen-bond donors (Lipinski definition) is 3. The molecule has 3 amide bonds. The third-order valence-electron chi connectivity index (χ3n) is 3.79. The van der Waals surface area contributed by atoms with Crippen molar-refractivity contribution in [3.8, 4) is 0 Å². The van der Waals surface area contributed by atoms with Gasteiger partial charge < -0.3 is 20.9 Å². The van der Waals surface area contributed by atoms with Gasteiger partial charge in [0.1, 0.15) is 5.82 Å². The third kappa shape index (κ3) is 7.24. The highest BCUT2D eigenvalue weighted by molar-refractivity contribution is 6.36. The number of hydrogen-bond acceptors (Lipinski definition) is 5. The number of carbonyl (C=O) groups is 3. The van der Waals surface area contributed by atoms with Crippen molar-refractivity contribution in [2.24, 2.45) is 0 Å². The minimum atomic E-state index is -0.514. The van der Waals surface area contributed by atoms with Crippen molar-refractivity contribution in [1.82, 2.24) is 20.9 Å². The van der Waals surface area contributed by atoms with E-state index in [1.165, 1.54) is 18.2 Å². The van der Waals surface area contributed by atoms with Crippen LogP contribution < -0.4 is 20.9 Å². The molecule has 0 unspecified atom stereocenters. The van der Waals surface area contributed by atoms with Crippen LogP contribution >= 0.6 is 23.2 Å². The topological polar surface area (TPSA) is 103 Å². The summed E-state index contributed by atoms with van der Waals surface area (Å²) in [5.74, 6) is -0.563. The summed E-state index contributed by atoms with van der Waals surface area (Å²) in [5.41, 5.74) is 1.04. The maximum absolute atomic E-state index is 12.0. The number of anilines is 1. The van der Waals surface area contributed by atoms with Crippen LogP contribution in [0.4, 0.5) is 5.82 Å². The normalized spacial score (nSPS) is 10.2. The highest BCUT2D eigenvalue weighted by atomic mass is 35.5. The molecule has 2 rings (SSSR count). The van der Waals surface area contributed by atoms with E-state index in [2.05, 4.69) is 20.9 Å². The number of pyridine rings is 1. The van der Waals surface area contributed by atoms with Gasteiger partial charge in [0.05, 0.1) is 23.7 Å². The van der Waals surface area contributed by atoms with Crippen LogP contribution in [0.3, 0.4) is 0 Å². The highest BCUT2D eigenvalue weighted by Crippen LogP contribution is 2.20. The van der Waals surface area contributed by atoms with Gasteiger partial charge in [-0.15, -0.1) is 0 Å². The monoisotopic (exact) mass is 437 g/mol. The number of halogens is 2. The molecule has 0 spiro atoms. The number of aromatic nitrogens is 1. The van der Waals surface area contributed by atoms with Gasteiger partial charge in [0, 0.05) is 31.9 Å². The van der Waals surface area contributed by atoms with Crippen LogP contribution in [0.2, 0.25) is 10.0 Å². The quantitative estimate of drug-likeness (QED) is 0.581. The van der Waals surface area contributed by atoms with Crippen LogP contribution in [0.25, 0.3) is 0 Å². The Labute approximate surface area is 178 Å². The summed E-state index contributed by atoms with van der Waals surface area (Å²) in [5, 5.41) is 8.13. The maximum Gasteiger partial charge on any atom is 0.253 e. The van der Waals surface area contributed by atoms with Gasteiger partial charge >= 0.3 is 0 Å². The van der Waals surface area contributed by atoms with E-state index in [1.54, 1.807) is 6.20 Å². The summed E-state index contributed by atoms with van der Waals surface area (Å²) in [6.45, 7) is -0.207. The molecule has 0 atom stereocenters. The van der Waals surface area contributed by atoms with Crippen molar-refractivity contribution in [2.45, 2.75) is 6.54 Å². The number of carbonyl (C=O) groups excluding carboxylic acids is 3. The van der Waals surface area contributed by atoms with Crippen LogP contribution in [0.15, 0.2) is 36.5 Å². The first kappa shape index (κ1) is 22.4. The van der Waals surface area contributed by atoms with E-state index in [-0.39, 0.29) is 29.6 Å². The molecular formula is C19H21Cl2N5O3. The zero-order valence-electron chi connectivity index (χ0n) is 16.0. The van der Waals surface area contributed by atoms with Crippen molar-refractivity contribution in [1.29, 1.82) is 0 Å². The summed E-state index contributed by atoms with van der Waals surface area (Å²) < 4.78 is 0. The van der Waals surface area contributed by atoms with Gasteiger partial charge in [0.15, 0.2) is 0 Å². The molecule has 1 aromatic heterocycles. The fourth-order valence-corrected chi connectivity index (χ4v) is 2.71. The van der Waals surface area contributed by atoms with E-state index < -0.39 is 11.8 Å². The van der Waals surface area contributed by atoms with E-state index in [1.807, 2.05) is 31.1 Å². The van der Waals surface area contributed by atoms with E-state index >= 15 is 0 Å². The number of nitrogens with zero attached hydrogens (tertiary/aromatic N) is 2. The Kier molecular flexibility index (Phi) is 8.23. The number of benzene rings is 1. The lowest BCUT2D eigenvalue weighted by atomic mass is 10.2. The van der Waals surface area contributed by atoms with E-state index in [0.717, 1.165) is 11.4 Å². The molecule has 154 valence electrons. The zero-order valence-corrected chi connectivity index (χ0v) is 17.5. The molecule has 0 aliphatic heterocycles. The summed E-state index contributed by atoms with van der Waals surface area (Å²) >= 11 is 11.7. The molecular weight excluding hydrogens is 417 g/mol. The first-order chi connectivity index (χ1) is 13.8. The van der Waals surface area contributed by atoms with Crippen molar-refractivity contribution >= 4 is 46.7 Å². The van der Waals surface area contributed by atoms with Gasteiger partial charge in [-0.05, 0) is 29.8 Å². The molecule has 1 heterocycles. The van der Waals surface area contributed by atoms with Crippen LogP contribution in [0.5, 0.6) is 0 Å². The SMILES string of the molecule is CN(C)c1ccc(CNC(=O)CNC(=O)CNC(=O)c2ccc(Cl)cc2Cl)cn1. The predicted molar refractivity (Wildman–Crippen MR) is 112 cm³/mol. The zero-order chi connectivity index (χ0) is 21.4. The number of amides is 3. The van der Waals surface area contributed by atoms with Crippen LogP contribution in [0.1, 0.15) is 15.9 Å². The van der Waals surface area contributed by atoms with Crippen LogP contribution in [-0.4, -0.2) is 49.9 Å². The molecule has 0 radical (unpaired) electrons. The van der Waals surface area contributed by atoms with Crippen molar-refractivity contribution in [3.05, 3.63) is 57.7 Å². The van der Waals surface area contributed by atoms with Gasteiger partial charge in [-0.2, -0.15) is 0 Å². The lowest BCUT2D eigenvalue weighted by molar-refractivity contribution is -0.125. The fraction of sp³-hybridized carbons (Fsp3) is 0.263. The average molecular weight is 438 g/mol. The Morgan fingerprint density at radius 1 is 0.966 bits per heavy atom. The van der Waals surface area contributed by atoms with Gasteiger partial charge in [-0.1, -0.05) is 29.3 Å². The lowest BCUT2D eigenvalue weighted by Gasteiger charge is -2.12. The Bertz CT molecular complexity index is 888. The molecule has 2 aromatic rings. The van der Waals surface area contributed by atoms with E-state index in [4.69, 9.17) is 23.2 Å². The van der Waals surface area contributed by atoms with Crippen molar-refractivity contribution < 1.29 is 14.4 Å². The Balaban J connectivity index is 1.70. The molecule has 3 N–H and O–H groups in total. The average Bonchev–Trinajstić information content (AvgIpc) is 2.69. The van der Waals surface area contributed by atoms with E-state index in [9.17, 15) is 14.4 Å². The molecule has 0 saturated carbocycles. The summed E-state index contributed by atoms with van der Waals surface area (Å²) in [7, 11) is 3.78. The van der Waals surface area contributed by atoms with Crippen molar-refractivity contribution in [2.75, 3.05) is 32.1 Å². The molecule has 0 bridgehead atoms. The fourth-order valence-electron chi connectivity index (χ4n) is 2.22. The second kappa shape index (κ2) is 10.6. The lowest BCUT2D eigenvalue weighted by Crippen LogP contribution is -2.41. The van der Waals surface area contributed by atoms with Gasteiger partial charge in [0.2, 0.25) is 11.8 Å². The second-order valence-corrected chi connectivity index (χ2v) is 7.12. The number of rotatable bonds is 8. The molecule has 10 heteroatoms. The molecule has 0 fully saturated rings. The Morgan fingerprint density at radius 2 is 1.66 bits per heavy atom. The highest BCUT2D eigenvalue weighted by Gasteiger charge is 2.12. The first-order valence-electron chi connectivity index (χ1n) is 8.65. The molecule has 1 aromatic carbocycles. The largest absolute Gasteiger partial charge is 0.363 e. The van der Waals surface area contributed by atoms with E-state index in [0.29, 0.717) is 11.6 Å². The Hall–Kier alpha value is -2.84. The van der Waals surface area contributed by atoms with Gasteiger partial charge in [-0.3, -0.25) is 14.4 Å². The third-order valence-corrected chi connectivity index (χ3v) is 4.34. The van der Waals surface area contributed by atoms with Crippen molar-refractivity contribution in [3.63, 3.8) is 0 Å². The molecule has 8 nitrogen and oxygen atoms in total. The molecule has 0 saturated heterocycles. The second-order valence-electron chi connectivity index (χ2n) is 6.28. The Morgan fingerprint density at radius 3 is 2.28 bits per heavy atom. The minimum Gasteiger partial charge on any atom is -0.363 e. The standard InChI is InChI=1S/C19H21Cl2N5O3/c1-26(2)16-6-3-12(8-22-16)9-23-17(27)10-24-18(28)11-25-19(29)14-5-4-13(20)7-15(14)21/h3-8H,9-11H2,1-2H3,(H,23,27)(H,24,28)(H,25,29). The predicted octanol–water partition coefficient (Wildman–Crippen LogP) is 1.62. The summed E-state index contributed by atoms with van der Waals surface area (Å²) in [6.07, 6.45) is 1.67. The van der Waals surface area contributed by atoms with Gasteiger partial charge in [-0.25, -0.2) is 4.98 Å². The summed E-state index contributed by atoms with van der Waals surface area (Å²) in [6, 6.07) is 8.13. The smallest absolute Gasteiger partial charge is 0.253 e. The van der Waals surface area contributed by atoms with Crippen LogP contribution in [0, 0.1) is 0 Å². The molecule has 0 aliphatic carbocycles. The minimum absolute atomic E-state index is 0.183.